The lowest BCUT2D eigenvalue weighted by molar-refractivity contribution is -0.116. The van der Waals surface area contributed by atoms with Gasteiger partial charge in [0.05, 0.1) is 0 Å². The van der Waals surface area contributed by atoms with Crippen molar-refractivity contribution >= 4 is 63.1 Å². The van der Waals surface area contributed by atoms with Gasteiger partial charge in [0, 0.05) is 26.9 Å². The second kappa shape index (κ2) is 10.8. The third kappa shape index (κ3) is 6.93. The average molecular weight is 529 g/mol. The minimum atomic E-state index is -0.270. The van der Waals surface area contributed by atoms with Gasteiger partial charge in [0.15, 0.2) is 5.11 Å². The Morgan fingerprint density at radius 3 is 2.17 bits per heavy atom. The van der Waals surface area contributed by atoms with E-state index in [0.29, 0.717) is 29.8 Å². The molecule has 0 aliphatic rings. The molecule has 3 aromatic carbocycles. The van der Waals surface area contributed by atoms with Crippen LogP contribution < -0.4 is 16.0 Å². The van der Waals surface area contributed by atoms with Gasteiger partial charge in [0.2, 0.25) is 5.91 Å². The number of amides is 2. The molecule has 3 N–H and O–H groups in total. The molecular formula is C23H20IN3O2S. The Morgan fingerprint density at radius 1 is 0.833 bits per heavy atom. The number of hydrogen-bond donors (Lipinski definition) is 3. The van der Waals surface area contributed by atoms with Crippen LogP contribution in [0.2, 0.25) is 0 Å². The third-order valence-corrected chi connectivity index (χ3v) is 5.10. The smallest absolute Gasteiger partial charge is 0.257 e. The van der Waals surface area contributed by atoms with E-state index in [1.165, 1.54) is 0 Å². The topological polar surface area (TPSA) is 70.2 Å². The Kier molecular flexibility index (Phi) is 7.92. The molecule has 3 rings (SSSR count). The Hall–Kier alpha value is -2.78. The van der Waals surface area contributed by atoms with E-state index in [2.05, 4.69) is 38.5 Å². The number of aryl methyl sites for hydroxylation is 1. The van der Waals surface area contributed by atoms with Gasteiger partial charge in [0.25, 0.3) is 5.91 Å². The van der Waals surface area contributed by atoms with Crippen LogP contribution >= 0.6 is 34.8 Å². The van der Waals surface area contributed by atoms with E-state index in [4.69, 9.17) is 12.2 Å². The number of carbonyl (C=O) groups excluding carboxylic acids is 2. The van der Waals surface area contributed by atoms with Crippen molar-refractivity contribution in [2.24, 2.45) is 0 Å². The first kappa shape index (κ1) is 21.9. The first-order valence-corrected chi connectivity index (χ1v) is 10.8. The predicted octanol–water partition coefficient (Wildman–Crippen LogP) is 4.99. The second-order valence-electron chi connectivity index (χ2n) is 6.53. The molecule has 0 radical (unpaired) electrons. The molecular weight excluding hydrogens is 509 g/mol. The number of nitrogens with one attached hydrogen (secondary N) is 3. The van der Waals surface area contributed by atoms with Gasteiger partial charge in [-0.3, -0.25) is 14.9 Å². The highest BCUT2D eigenvalue weighted by Gasteiger charge is 2.09. The zero-order valence-corrected chi connectivity index (χ0v) is 19.0. The first-order valence-electron chi connectivity index (χ1n) is 9.31. The predicted molar refractivity (Wildman–Crippen MR) is 133 cm³/mol. The van der Waals surface area contributed by atoms with E-state index in [-0.39, 0.29) is 16.9 Å². The number of halogens is 1. The van der Waals surface area contributed by atoms with E-state index in [1.54, 1.807) is 36.4 Å². The van der Waals surface area contributed by atoms with Gasteiger partial charge < -0.3 is 10.6 Å². The molecule has 0 saturated heterocycles. The molecule has 0 heterocycles. The number of carbonyl (C=O) groups is 2. The summed E-state index contributed by atoms with van der Waals surface area (Å²) >= 11 is 7.37. The molecule has 7 heteroatoms. The highest BCUT2D eigenvalue weighted by molar-refractivity contribution is 14.1. The number of rotatable bonds is 6. The summed E-state index contributed by atoms with van der Waals surface area (Å²) in [5.74, 6) is -0.312. The minimum Gasteiger partial charge on any atom is -0.332 e. The van der Waals surface area contributed by atoms with Crippen molar-refractivity contribution in [3.05, 3.63) is 93.6 Å². The number of benzene rings is 3. The molecule has 3 aromatic rings. The summed E-state index contributed by atoms with van der Waals surface area (Å²) in [6.45, 7) is 0. The Balaban J connectivity index is 1.47. The van der Waals surface area contributed by atoms with Gasteiger partial charge >= 0.3 is 0 Å². The summed E-state index contributed by atoms with van der Waals surface area (Å²) in [7, 11) is 0. The summed E-state index contributed by atoms with van der Waals surface area (Å²) in [4.78, 5) is 24.4. The normalized spacial score (nSPS) is 10.2. The zero-order chi connectivity index (χ0) is 21.3. The molecule has 5 nitrogen and oxygen atoms in total. The van der Waals surface area contributed by atoms with Crippen LogP contribution in [-0.2, 0) is 11.2 Å². The Bertz CT molecular complexity index is 1040. The number of thiocarbonyl (C=S) groups is 1. The molecule has 0 spiro atoms. The van der Waals surface area contributed by atoms with Crippen LogP contribution in [0, 0.1) is 3.57 Å². The van der Waals surface area contributed by atoms with Crippen LogP contribution in [0.1, 0.15) is 22.3 Å². The Labute approximate surface area is 194 Å². The Morgan fingerprint density at radius 2 is 1.50 bits per heavy atom. The van der Waals surface area contributed by atoms with Gasteiger partial charge in [-0.15, -0.1) is 0 Å². The number of anilines is 2. The van der Waals surface area contributed by atoms with Crippen molar-refractivity contribution in [3.63, 3.8) is 0 Å². The summed E-state index contributed by atoms with van der Waals surface area (Å²) in [5.41, 5.74) is 3.09. The van der Waals surface area contributed by atoms with Crippen LogP contribution in [0.25, 0.3) is 0 Å². The molecule has 30 heavy (non-hydrogen) atoms. The molecule has 0 fully saturated rings. The molecule has 2 amide bonds. The molecule has 0 unspecified atom stereocenters. The quantitative estimate of drug-likeness (QED) is 0.311. The molecule has 0 aliphatic carbocycles. The lowest BCUT2D eigenvalue weighted by Gasteiger charge is -2.11. The second-order valence-corrected chi connectivity index (χ2v) is 8.18. The van der Waals surface area contributed by atoms with Crippen molar-refractivity contribution in [3.8, 4) is 0 Å². The van der Waals surface area contributed by atoms with Gasteiger partial charge in [0.1, 0.15) is 0 Å². The van der Waals surface area contributed by atoms with E-state index in [0.717, 1.165) is 9.13 Å². The molecule has 0 aliphatic heterocycles. The zero-order valence-electron chi connectivity index (χ0n) is 16.0. The van der Waals surface area contributed by atoms with Crippen molar-refractivity contribution in [1.29, 1.82) is 0 Å². The molecule has 152 valence electrons. The van der Waals surface area contributed by atoms with Crippen LogP contribution in [0.15, 0.2) is 78.9 Å². The van der Waals surface area contributed by atoms with E-state index in [9.17, 15) is 9.59 Å². The monoisotopic (exact) mass is 529 g/mol. The van der Waals surface area contributed by atoms with Crippen LogP contribution in [-0.4, -0.2) is 16.9 Å². The molecule has 0 atom stereocenters. The molecule has 0 bridgehead atoms. The van der Waals surface area contributed by atoms with Gasteiger partial charge in [-0.25, -0.2) is 0 Å². The van der Waals surface area contributed by atoms with Crippen LogP contribution in [0.3, 0.4) is 0 Å². The average Bonchev–Trinajstić information content (AvgIpc) is 2.74. The SMILES string of the molecule is O=C(CCc1ccccc1)Nc1ccc(NC(=S)NC(=O)c2cccc(I)c2)cc1. The first-order chi connectivity index (χ1) is 14.5. The van der Waals surface area contributed by atoms with Crippen molar-refractivity contribution < 1.29 is 9.59 Å². The fourth-order valence-electron chi connectivity index (χ4n) is 2.73. The fourth-order valence-corrected chi connectivity index (χ4v) is 3.48. The van der Waals surface area contributed by atoms with Gasteiger partial charge in [-0.1, -0.05) is 36.4 Å². The molecule has 0 saturated carbocycles. The largest absolute Gasteiger partial charge is 0.332 e. The van der Waals surface area contributed by atoms with Crippen LogP contribution in [0.4, 0.5) is 11.4 Å². The highest BCUT2D eigenvalue weighted by Crippen LogP contribution is 2.14. The summed E-state index contributed by atoms with van der Waals surface area (Å²) in [5, 5.41) is 8.72. The lowest BCUT2D eigenvalue weighted by atomic mass is 10.1. The summed E-state index contributed by atoms with van der Waals surface area (Å²) in [6, 6.07) is 24.3. The summed E-state index contributed by atoms with van der Waals surface area (Å²) in [6.07, 6.45) is 1.11. The van der Waals surface area contributed by atoms with E-state index >= 15 is 0 Å². The minimum absolute atomic E-state index is 0.0418. The third-order valence-electron chi connectivity index (χ3n) is 4.22. The van der Waals surface area contributed by atoms with Crippen LogP contribution in [0.5, 0.6) is 0 Å². The lowest BCUT2D eigenvalue weighted by Crippen LogP contribution is -2.34. The number of hydrogen-bond acceptors (Lipinski definition) is 3. The maximum atomic E-state index is 12.2. The maximum absolute atomic E-state index is 12.2. The van der Waals surface area contributed by atoms with Crippen molar-refractivity contribution in [1.82, 2.24) is 5.32 Å². The van der Waals surface area contributed by atoms with Gasteiger partial charge in [-0.2, -0.15) is 0 Å². The fraction of sp³-hybridized carbons (Fsp3) is 0.0870. The van der Waals surface area contributed by atoms with Gasteiger partial charge in [-0.05, 0) is 89.3 Å². The van der Waals surface area contributed by atoms with E-state index in [1.807, 2.05) is 42.5 Å². The maximum Gasteiger partial charge on any atom is 0.257 e. The molecule has 0 aromatic heterocycles. The highest BCUT2D eigenvalue weighted by atomic mass is 127. The van der Waals surface area contributed by atoms with Crippen molar-refractivity contribution in [2.75, 3.05) is 10.6 Å². The van der Waals surface area contributed by atoms with E-state index < -0.39 is 0 Å². The summed E-state index contributed by atoms with van der Waals surface area (Å²) < 4.78 is 0.973. The van der Waals surface area contributed by atoms with Crippen molar-refractivity contribution in [2.45, 2.75) is 12.8 Å². The standard InChI is InChI=1S/C23H20IN3O2S/c24-18-8-4-7-17(15-18)22(29)27-23(30)26-20-12-10-19(11-13-20)25-21(28)14-9-16-5-2-1-3-6-16/h1-8,10-13,15H,9,14H2,(H,25,28)(H2,26,27,29,30).